The van der Waals surface area contributed by atoms with Gasteiger partial charge < -0.3 is 14.2 Å². The van der Waals surface area contributed by atoms with Crippen LogP contribution in [0.5, 0.6) is 5.75 Å². The molecule has 5 nitrogen and oxygen atoms in total. The van der Waals surface area contributed by atoms with Crippen molar-refractivity contribution in [2.24, 2.45) is 5.84 Å². The fourth-order valence-electron chi connectivity index (χ4n) is 1.80. The van der Waals surface area contributed by atoms with Crippen LogP contribution in [0.25, 0.3) is 0 Å². The van der Waals surface area contributed by atoms with Crippen molar-refractivity contribution in [2.75, 3.05) is 34.0 Å². The third kappa shape index (κ3) is 6.54. The minimum absolute atomic E-state index is 0.189. The van der Waals surface area contributed by atoms with E-state index in [1.54, 1.807) is 14.2 Å². The van der Waals surface area contributed by atoms with Crippen LogP contribution in [-0.2, 0) is 15.9 Å². The van der Waals surface area contributed by atoms with Crippen LogP contribution >= 0.6 is 0 Å². The predicted molar refractivity (Wildman–Crippen MR) is 75.1 cm³/mol. The summed E-state index contributed by atoms with van der Waals surface area (Å²) in [6.45, 7) is 1.91. The van der Waals surface area contributed by atoms with Crippen LogP contribution in [0, 0.1) is 0 Å². The van der Waals surface area contributed by atoms with E-state index in [0.717, 1.165) is 18.6 Å². The summed E-state index contributed by atoms with van der Waals surface area (Å²) in [6.07, 6.45) is 1.71. The number of rotatable bonds is 10. The Bertz CT molecular complexity index is 347. The average molecular weight is 268 g/mol. The normalized spacial score (nSPS) is 12.4. The van der Waals surface area contributed by atoms with Crippen LogP contribution in [-0.4, -0.2) is 40.1 Å². The smallest absolute Gasteiger partial charge is 0.119 e. The van der Waals surface area contributed by atoms with E-state index in [9.17, 15) is 0 Å². The van der Waals surface area contributed by atoms with Crippen LogP contribution in [0.15, 0.2) is 24.3 Å². The van der Waals surface area contributed by atoms with Gasteiger partial charge in [-0.1, -0.05) is 12.1 Å². The fraction of sp³-hybridized carbons (Fsp3) is 0.571. The van der Waals surface area contributed by atoms with Crippen LogP contribution in [0.4, 0.5) is 0 Å². The molecule has 0 aromatic heterocycles. The first-order valence-corrected chi connectivity index (χ1v) is 6.46. The maximum atomic E-state index is 5.57. The highest BCUT2D eigenvalue weighted by molar-refractivity contribution is 5.28. The molecule has 19 heavy (non-hydrogen) atoms. The summed E-state index contributed by atoms with van der Waals surface area (Å²) in [5.41, 5.74) is 4.02. The fourth-order valence-corrected chi connectivity index (χ4v) is 1.80. The van der Waals surface area contributed by atoms with Crippen LogP contribution < -0.4 is 16.0 Å². The van der Waals surface area contributed by atoms with Crippen molar-refractivity contribution in [3.63, 3.8) is 0 Å². The lowest BCUT2D eigenvalue weighted by Gasteiger charge is -2.16. The zero-order chi connectivity index (χ0) is 13.9. The van der Waals surface area contributed by atoms with Gasteiger partial charge in [0, 0.05) is 19.8 Å². The largest absolute Gasteiger partial charge is 0.497 e. The highest BCUT2D eigenvalue weighted by Gasteiger charge is 2.08. The van der Waals surface area contributed by atoms with Gasteiger partial charge in [-0.2, -0.15) is 0 Å². The molecule has 1 atom stereocenters. The number of hydrazine groups is 1. The lowest BCUT2D eigenvalue weighted by atomic mass is 10.0. The van der Waals surface area contributed by atoms with Crippen molar-refractivity contribution in [3.8, 4) is 5.75 Å². The molecule has 0 amide bonds. The molecule has 0 radical (unpaired) electrons. The zero-order valence-electron chi connectivity index (χ0n) is 11.7. The van der Waals surface area contributed by atoms with Crippen LogP contribution in [0.1, 0.15) is 12.0 Å². The van der Waals surface area contributed by atoms with Gasteiger partial charge in [0.15, 0.2) is 0 Å². The van der Waals surface area contributed by atoms with E-state index < -0.39 is 0 Å². The van der Waals surface area contributed by atoms with Gasteiger partial charge in [-0.05, 0) is 30.5 Å². The summed E-state index contributed by atoms with van der Waals surface area (Å²) in [5, 5.41) is 0. The van der Waals surface area contributed by atoms with E-state index in [4.69, 9.17) is 20.1 Å². The van der Waals surface area contributed by atoms with Gasteiger partial charge in [0.1, 0.15) is 5.75 Å². The van der Waals surface area contributed by atoms with E-state index in [1.165, 1.54) is 5.56 Å². The molecule has 0 aliphatic carbocycles. The molecule has 0 aliphatic rings. The maximum absolute atomic E-state index is 5.57. The van der Waals surface area contributed by atoms with Crippen molar-refractivity contribution < 1.29 is 14.2 Å². The molecule has 0 heterocycles. The Balaban J connectivity index is 2.34. The van der Waals surface area contributed by atoms with Gasteiger partial charge in [-0.3, -0.25) is 11.3 Å². The third-order valence-corrected chi connectivity index (χ3v) is 2.89. The van der Waals surface area contributed by atoms with Crippen molar-refractivity contribution >= 4 is 0 Å². The van der Waals surface area contributed by atoms with Crippen molar-refractivity contribution in [1.29, 1.82) is 0 Å². The van der Waals surface area contributed by atoms with E-state index in [1.807, 2.05) is 18.2 Å². The van der Waals surface area contributed by atoms with Crippen LogP contribution in [0.3, 0.4) is 0 Å². The van der Waals surface area contributed by atoms with Gasteiger partial charge >= 0.3 is 0 Å². The zero-order valence-corrected chi connectivity index (χ0v) is 11.7. The molecule has 0 fully saturated rings. The van der Waals surface area contributed by atoms with Crippen molar-refractivity contribution in [1.82, 2.24) is 5.43 Å². The Morgan fingerprint density at radius 1 is 1.21 bits per heavy atom. The number of ether oxygens (including phenoxy) is 3. The number of methoxy groups -OCH3 is 2. The van der Waals surface area contributed by atoms with Gasteiger partial charge in [0.25, 0.3) is 0 Å². The lowest BCUT2D eigenvalue weighted by molar-refractivity contribution is 0.0658. The molecule has 0 aliphatic heterocycles. The lowest BCUT2D eigenvalue weighted by Crippen LogP contribution is -2.37. The molecule has 3 N–H and O–H groups in total. The van der Waals surface area contributed by atoms with E-state index in [2.05, 4.69) is 11.5 Å². The molecule has 1 rings (SSSR count). The number of nitrogens with one attached hydrogen (secondary N) is 1. The third-order valence-electron chi connectivity index (χ3n) is 2.89. The van der Waals surface area contributed by atoms with E-state index in [-0.39, 0.29) is 6.04 Å². The molecule has 5 heteroatoms. The molecular weight excluding hydrogens is 244 g/mol. The first kappa shape index (κ1) is 15.9. The Labute approximate surface area is 115 Å². The molecule has 0 spiro atoms. The molecule has 1 aromatic carbocycles. The quantitative estimate of drug-likeness (QED) is 0.378. The summed E-state index contributed by atoms with van der Waals surface area (Å²) in [4.78, 5) is 0. The minimum atomic E-state index is 0.189. The standard InChI is InChI=1S/C14H24N2O3/c1-17-8-9-19-7-6-13(16-15)10-12-4-3-5-14(11-12)18-2/h3-5,11,13,16H,6-10,15H2,1-2H3. The Morgan fingerprint density at radius 2 is 2.05 bits per heavy atom. The molecule has 0 saturated heterocycles. The summed E-state index contributed by atoms with van der Waals surface area (Å²) >= 11 is 0. The first-order valence-electron chi connectivity index (χ1n) is 6.46. The molecular formula is C14H24N2O3. The van der Waals surface area contributed by atoms with E-state index >= 15 is 0 Å². The van der Waals surface area contributed by atoms with Gasteiger partial charge in [0.2, 0.25) is 0 Å². The van der Waals surface area contributed by atoms with Gasteiger partial charge in [0.05, 0.1) is 20.3 Å². The summed E-state index contributed by atoms with van der Waals surface area (Å²) in [6, 6.07) is 8.20. The molecule has 0 saturated carbocycles. The highest BCUT2D eigenvalue weighted by Crippen LogP contribution is 2.14. The SMILES string of the molecule is COCCOCCC(Cc1cccc(OC)c1)NN. The Morgan fingerprint density at radius 3 is 2.74 bits per heavy atom. The predicted octanol–water partition coefficient (Wildman–Crippen LogP) is 1.12. The van der Waals surface area contributed by atoms with Gasteiger partial charge in [-0.15, -0.1) is 0 Å². The number of hydrogen-bond acceptors (Lipinski definition) is 5. The van der Waals surface area contributed by atoms with Crippen molar-refractivity contribution in [3.05, 3.63) is 29.8 Å². The monoisotopic (exact) mass is 268 g/mol. The summed E-state index contributed by atoms with van der Waals surface area (Å²) < 4.78 is 15.6. The second-order valence-corrected chi connectivity index (χ2v) is 4.31. The molecule has 0 bridgehead atoms. The summed E-state index contributed by atoms with van der Waals surface area (Å²) in [5.74, 6) is 6.44. The Kier molecular flexibility index (Phi) is 8.16. The Hall–Kier alpha value is -1.14. The first-order chi connectivity index (χ1) is 9.30. The second-order valence-electron chi connectivity index (χ2n) is 4.31. The van der Waals surface area contributed by atoms with Crippen LogP contribution in [0.2, 0.25) is 0 Å². The van der Waals surface area contributed by atoms with Crippen molar-refractivity contribution in [2.45, 2.75) is 18.9 Å². The number of nitrogens with two attached hydrogens (primary N) is 1. The highest BCUT2D eigenvalue weighted by atomic mass is 16.5. The number of benzene rings is 1. The van der Waals surface area contributed by atoms with Gasteiger partial charge in [-0.25, -0.2) is 0 Å². The van der Waals surface area contributed by atoms with E-state index in [0.29, 0.717) is 19.8 Å². The maximum Gasteiger partial charge on any atom is 0.119 e. The summed E-state index contributed by atoms with van der Waals surface area (Å²) in [7, 11) is 3.33. The second kappa shape index (κ2) is 9.75. The average Bonchev–Trinajstić information content (AvgIpc) is 2.46. The molecule has 1 unspecified atom stereocenters. The topological polar surface area (TPSA) is 65.7 Å². The number of hydrogen-bond donors (Lipinski definition) is 2. The molecule has 108 valence electrons. The minimum Gasteiger partial charge on any atom is -0.497 e. The molecule has 1 aromatic rings.